The molecule has 1 fully saturated rings. The summed E-state index contributed by atoms with van der Waals surface area (Å²) in [7, 11) is 0. The number of carbonyl (C=O) groups is 2. The number of aliphatic carboxylic acids is 1. The molecule has 134 valence electrons. The maximum Gasteiger partial charge on any atom is 0.305 e. The van der Waals surface area contributed by atoms with Crippen LogP contribution in [-0.4, -0.2) is 44.3 Å². The molecule has 1 aromatic carbocycles. The second-order valence-electron chi connectivity index (χ2n) is 6.55. The second-order valence-corrected chi connectivity index (χ2v) is 7.59. The number of likely N-dealkylation sites (tertiary alicyclic amines) is 1. The molecule has 1 saturated heterocycles. The van der Waals surface area contributed by atoms with E-state index in [0.717, 1.165) is 34.4 Å². The van der Waals surface area contributed by atoms with Gasteiger partial charge < -0.3 is 10.0 Å². The normalized spacial score (nSPS) is 17.1. The predicted molar refractivity (Wildman–Crippen MR) is 100.0 cm³/mol. The molecule has 1 aliphatic heterocycles. The number of para-hydroxylation sites is 1. The number of nitrogens with zero attached hydrogens (tertiary/aromatic N) is 3. The van der Waals surface area contributed by atoms with E-state index >= 15 is 0 Å². The lowest BCUT2D eigenvalue weighted by molar-refractivity contribution is -0.137. The van der Waals surface area contributed by atoms with E-state index in [4.69, 9.17) is 5.11 Å². The van der Waals surface area contributed by atoms with Crippen molar-refractivity contribution in [2.24, 2.45) is 0 Å². The number of aromatic nitrogens is 2. The zero-order valence-corrected chi connectivity index (χ0v) is 15.2. The maximum atomic E-state index is 13.0. The third kappa shape index (κ3) is 2.88. The van der Waals surface area contributed by atoms with Crippen LogP contribution in [0.5, 0.6) is 0 Å². The zero-order valence-electron chi connectivity index (χ0n) is 14.4. The summed E-state index contributed by atoms with van der Waals surface area (Å²) in [6.45, 7) is 2.56. The van der Waals surface area contributed by atoms with Crippen molar-refractivity contribution >= 4 is 33.4 Å². The molecule has 26 heavy (non-hydrogen) atoms. The van der Waals surface area contributed by atoms with Gasteiger partial charge in [-0.1, -0.05) is 18.2 Å². The van der Waals surface area contributed by atoms with Gasteiger partial charge in [0.05, 0.1) is 22.7 Å². The smallest absolute Gasteiger partial charge is 0.305 e. The van der Waals surface area contributed by atoms with Gasteiger partial charge in [0.25, 0.3) is 5.91 Å². The molecule has 1 N–H and O–H groups in total. The number of amides is 1. The first kappa shape index (κ1) is 16.8. The van der Waals surface area contributed by atoms with Crippen molar-refractivity contribution in [2.45, 2.75) is 32.2 Å². The van der Waals surface area contributed by atoms with Crippen LogP contribution in [0.15, 0.2) is 36.4 Å². The van der Waals surface area contributed by atoms with E-state index in [2.05, 4.69) is 5.10 Å². The number of rotatable bonds is 4. The molecule has 0 aliphatic carbocycles. The molecule has 1 aliphatic rings. The number of hydrogen-bond acceptors (Lipinski definition) is 4. The van der Waals surface area contributed by atoms with E-state index in [0.29, 0.717) is 11.4 Å². The van der Waals surface area contributed by atoms with E-state index in [1.54, 1.807) is 4.90 Å². The quantitative estimate of drug-likeness (QED) is 0.764. The van der Waals surface area contributed by atoms with Gasteiger partial charge in [-0.05, 0) is 38.0 Å². The Bertz CT molecular complexity index is 977. The number of thiophene rings is 1. The van der Waals surface area contributed by atoms with E-state index in [-0.39, 0.29) is 18.4 Å². The number of carbonyl (C=O) groups excluding carboxylic acids is 1. The SMILES string of the molecule is Cc1nn(-c2ccccc2)c2sc(C(=O)N3CCCC3CC(=O)O)cc12. The Kier molecular flexibility index (Phi) is 4.24. The summed E-state index contributed by atoms with van der Waals surface area (Å²) in [6, 6.07) is 11.5. The Labute approximate surface area is 154 Å². The Morgan fingerprint density at radius 2 is 2.08 bits per heavy atom. The number of fused-ring (bicyclic) bond motifs is 1. The van der Waals surface area contributed by atoms with Crippen molar-refractivity contribution in [3.8, 4) is 5.69 Å². The Balaban J connectivity index is 1.70. The molecule has 0 saturated carbocycles. The van der Waals surface area contributed by atoms with Crippen molar-refractivity contribution in [1.82, 2.24) is 14.7 Å². The van der Waals surface area contributed by atoms with Crippen LogP contribution in [0.3, 0.4) is 0 Å². The third-order valence-corrected chi connectivity index (χ3v) is 5.90. The first-order valence-corrected chi connectivity index (χ1v) is 9.43. The van der Waals surface area contributed by atoms with Crippen LogP contribution in [0.25, 0.3) is 15.9 Å². The largest absolute Gasteiger partial charge is 0.481 e. The minimum absolute atomic E-state index is 0.00740. The monoisotopic (exact) mass is 369 g/mol. The number of hydrogen-bond donors (Lipinski definition) is 1. The van der Waals surface area contributed by atoms with Crippen molar-refractivity contribution in [3.63, 3.8) is 0 Å². The van der Waals surface area contributed by atoms with Crippen molar-refractivity contribution in [2.75, 3.05) is 6.54 Å². The molecule has 7 heteroatoms. The minimum atomic E-state index is -0.860. The molecule has 0 bridgehead atoms. The van der Waals surface area contributed by atoms with Crippen LogP contribution in [0.1, 0.15) is 34.6 Å². The van der Waals surface area contributed by atoms with Gasteiger partial charge in [0, 0.05) is 18.0 Å². The van der Waals surface area contributed by atoms with Gasteiger partial charge in [0.15, 0.2) is 0 Å². The molecule has 0 radical (unpaired) electrons. The molecular formula is C19H19N3O3S. The Hall–Kier alpha value is -2.67. The van der Waals surface area contributed by atoms with E-state index in [9.17, 15) is 9.59 Å². The summed E-state index contributed by atoms with van der Waals surface area (Å²) in [6.07, 6.45) is 1.61. The van der Waals surface area contributed by atoms with Crippen LogP contribution >= 0.6 is 11.3 Å². The fourth-order valence-corrected chi connectivity index (χ4v) is 4.69. The van der Waals surface area contributed by atoms with Gasteiger partial charge in [0.1, 0.15) is 4.83 Å². The summed E-state index contributed by atoms with van der Waals surface area (Å²) < 4.78 is 1.87. The summed E-state index contributed by atoms with van der Waals surface area (Å²) in [5, 5.41) is 14.6. The predicted octanol–water partition coefficient (Wildman–Crippen LogP) is 3.47. The molecule has 3 heterocycles. The molecule has 4 rings (SSSR count). The summed E-state index contributed by atoms with van der Waals surface area (Å²) >= 11 is 1.42. The number of carboxylic acid groups (broad SMARTS) is 1. The average Bonchev–Trinajstić information content (AvgIpc) is 3.32. The van der Waals surface area contributed by atoms with Gasteiger partial charge in [-0.15, -0.1) is 11.3 Å². The summed E-state index contributed by atoms with van der Waals surface area (Å²) in [4.78, 5) is 27.3. The van der Waals surface area contributed by atoms with E-state index in [1.165, 1.54) is 11.3 Å². The molecule has 2 aromatic heterocycles. The summed E-state index contributed by atoms with van der Waals surface area (Å²) in [5.74, 6) is -0.935. The van der Waals surface area contributed by atoms with Crippen LogP contribution in [0.2, 0.25) is 0 Å². The third-order valence-electron chi connectivity index (χ3n) is 4.80. The van der Waals surface area contributed by atoms with E-state index in [1.807, 2.05) is 48.0 Å². The maximum absolute atomic E-state index is 13.0. The van der Waals surface area contributed by atoms with Crippen molar-refractivity contribution in [3.05, 3.63) is 47.0 Å². The van der Waals surface area contributed by atoms with Crippen LogP contribution in [0, 0.1) is 6.92 Å². The van der Waals surface area contributed by atoms with Crippen LogP contribution < -0.4 is 0 Å². The highest BCUT2D eigenvalue weighted by Crippen LogP contribution is 2.32. The molecule has 1 amide bonds. The fraction of sp³-hybridized carbons (Fsp3) is 0.316. The number of benzene rings is 1. The number of aryl methyl sites for hydroxylation is 1. The standard InChI is InChI=1S/C19H19N3O3S/c1-12-15-11-16(18(25)21-9-5-8-14(21)10-17(23)24)26-19(15)22(20-12)13-6-3-2-4-7-13/h2-4,6-7,11,14H,5,8-10H2,1H3,(H,23,24). The lowest BCUT2D eigenvalue weighted by Gasteiger charge is -2.22. The van der Waals surface area contributed by atoms with Gasteiger partial charge >= 0.3 is 5.97 Å². The van der Waals surface area contributed by atoms with Gasteiger partial charge in [-0.25, -0.2) is 4.68 Å². The average molecular weight is 369 g/mol. The Morgan fingerprint density at radius 3 is 2.81 bits per heavy atom. The Morgan fingerprint density at radius 1 is 1.31 bits per heavy atom. The van der Waals surface area contributed by atoms with Crippen LogP contribution in [0.4, 0.5) is 0 Å². The molecule has 3 aromatic rings. The minimum Gasteiger partial charge on any atom is -0.481 e. The highest BCUT2D eigenvalue weighted by atomic mass is 32.1. The first-order chi connectivity index (χ1) is 12.5. The summed E-state index contributed by atoms with van der Waals surface area (Å²) in [5.41, 5.74) is 1.83. The second kappa shape index (κ2) is 6.57. The molecule has 6 nitrogen and oxygen atoms in total. The lowest BCUT2D eigenvalue weighted by atomic mass is 10.1. The first-order valence-electron chi connectivity index (χ1n) is 8.62. The highest BCUT2D eigenvalue weighted by Gasteiger charge is 2.32. The van der Waals surface area contributed by atoms with Crippen molar-refractivity contribution < 1.29 is 14.7 Å². The molecule has 1 atom stereocenters. The van der Waals surface area contributed by atoms with Gasteiger partial charge in [-0.3, -0.25) is 9.59 Å². The van der Waals surface area contributed by atoms with E-state index < -0.39 is 5.97 Å². The molecule has 1 unspecified atom stereocenters. The molecular weight excluding hydrogens is 350 g/mol. The molecule has 0 spiro atoms. The number of carboxylic acids is 1. The lowest BCUT2D eigenvalue weighted by Crippen LogP contribution is -2.36. The van der Waals surface area contributed by atoms with Gasteiger partial charge in [0.2, 0.25) is 0 Å². The zero-order chi connectivity index (χ0) is 18.3. The van der Waals surface area contributed by atoms with Crippen LogP contribution in [-0.2, 0) is 4.79 Å². The fourth-order valence-electron chi connectivity index (χ4n) is 3.56. The topological polar surface area (TPSA) is 75.4 Å². The van der Waals surface area contributed by atoms with Crippen molar-refractivity contribution in [1.29, 1.82) is 0 Å². The highest BCUT2D eigenvalue weighted by molar-refractivity contribution is 7.20. The van der Waals surface area contributed by atoms with Gasteiger partial charge in [-0.2, -0.15) is 5.10 Å².